The Morgan fingerprint density at radius 3 is 2.71 bits per heavy atom. The molecule has 0 aromatic heterocycles. The number of hydrogen-bond donors (Lipinski definition) is 2. The lowest BCUT2D eigenvalue weighted by Gasteiger charge is -2.04. The predicted molar refractivity (Wildman–Crippen MR) is 48.9 cm³/mol. The number of phenols is 1. The minimum atomic E-state index is -1.02. The molecule has 4 nitrogen and oxygen atoms in total. The average Bonchev–Trinajstić information content (AvgIpc) is 2.01. The number of aliphatic carboxylic acids is 1. The van der Waals surface area contributed by atoms with Crippen LogP contribution in [0, 0.1) is 18.3 Å². The molecule has 0 saturated heterocycles. The zero-order valence-corrected chi connectivity index (χ0v) is 7.61. The second kappa shape index (κ2) is 3.79. The van der Waals surface area contributed by atoms with Crippen LogP contribution in [0.4, 0.5) is 0 Å². The van der Waals surface area contributed by atoms with Crippen LogP contribution in [0.15, 0.2) is 12.1 Å². The highest BCUT2D eigenvalue weighted by Gasteiger charge is 2.11. The third-order valence-electron chi connectivity index (χ3n) is 1.80. The molecule has 4 heteroatoms. The number of aryl methyl sites for hydroxylation is 1. The molecule has 72 valence electrons. The standard InChI is InChI=1S/C10H9NO3/c1-6-2-7(4-10(13)14)8(5-11)9(12)3-6/h2-3,12H,4H2,1H3,(H,13,14). The van der Waals surface area contributed by atoms with E-state index in [1.54, 1.807) is 19.1 Å². The van der Waals surface area contributed by atoms with Crippen molar-refractivity contribution >= 4 is 5.97 Å². The molecular formula is C10H9NO3. The van der Waals surface area contributed by atoms with E-state index in [9.17, 15) is 9.90 Å². The molecule has 0 radical (unpaired) electrons. The van der Waals surface area contributed by atoms with Gasteiger partial charge in [0.1, 0.15) is 11.8 Å². The second-order valence-electron chi connectivity index (χ2n) is 3.00. The van der Waals surface area contributed by atoms with Crippen molar-refractivity contribution in [3.8, 4) is 11.8 Å². The van der Waals surface area contributed by atoms with Crippen LogP contribution in [-0.2, 0) is 11.2 Å². The molecule has 0 bridgehead atoms. The molecule has 1 aromatic rings. The van der Waals surface area contributed by atoms with Gasteiger partial charge in [-0.2, -0.15) is 5.26 Å². The molecular weight excluding hydrogens is 182 g/mol. The monoisotopic (exact) mass is 191 g/mol. The molecule has 0 fully saturated rings. The van der Waals surface area contributed by atoms with Crippen LogP contribution in [0.2, 0.25) is 0 Å². The predicted octanol–water partition coefficient (Wildman–Crippen LogP) is 1.20. The lowest BCUT2D eigenvalue weighted by atomic mass is 10.0. The van der Waals surface area contributed by atoms with Crippen LogP contribution in [-0.4, -0.2) is 16.2 Å². The molecule has 0 amide bonds. The zero-order chi connectivity index (χ0) is 10.7. The number of phenolic OH excluding ortho intramolecular Hbond substituents is 1. The molecule has 0 aliphatic carbocycles. The fourth-order valence-corrected chi connectivity index (χ4v) is 1.27. The van der Waals surface area contributed by atoms with Crippen LogP contribution < -0.4 is 0 Å². The number of carboxylic acid groups (broad SMARTS) is 1. The topological polar surface area (TPSA) is 81.3 Å². The largest absolute Gasteiger partial charge is 0.507 e. The zero-order valence-electron chi connectivity index (χ0n) is 7.61. The summed E-state index contributed by atoms with van der Waals surface area (Å²) in [5.41, 5.74) is 1.12. The third kappa shape index (κ3) is 2.02. The van der Waals surface area contributed by atoms with Gasteiger partial charge in [0.15, 0.2) is 0 Å². The van der Waals surface area contributed by atoms with Gasteiger partial charge in [0.05, 0.1) is 12.0 Å². The Kier molecular flexibility index (Phi) is 2.73. The molecule has 0 heterocycles. The van der Waals surface area contributed by atoms with Crippen molar-refractivity contribution in [3.05, 3.63) is 28.8 Å². The molecule has 1 aromatic carbocycles. The molecule has 0 unspecified atom stereocenters. The van der Waals surface area contributed by atoms with Crippen LogP contribution in [0.3, 0.4) is 0 Å². The van der Waals surface area contributed by atoms with Crippen molar-refractivity contribution in [2.24, 2.45) is 0 Å². The van der Waals surface area contributed by atoms with E-state index >= 15 is 0 Å². The number of hydrogen-bond acceptors (Lipinski definition) is 3. The van der Waals surface area contributed by atoms with E-state index in [0.717, 1.165) is 5.56 Å². The Hall–Kier alpha value is -2.02. The van der Waals surface area contributed by atoms with Crippen molar-refractivity contribution < 1.29 is 15.0 Å². The van der Waals surface area contributed by atoms with E-state index in [1.807, 2.05) is 0 Å². The van der Waals surface area contributed by atoms with Gasteiger partial charge in [0.2, 0.25) is 0 Å². The first-order valence-electron chi connectivity index (χ1n) is 3.99. The van der Waals surface area contributed by atoms with Gasteiger partial charge in [-0.1, -0.05) is 6.07 Å². The summed E-state index contributed by atoms with van der Waals surface area (Å²) in [5, 5.41) is 26.6. The number of rotatable bonds is 2. The van der Waals surface area contributed by atoms with E-state index in [0.29, 0.717) is 5.56 Å². The van der Waals surface area contributed by atoms with Gasteiger partial charge in [0.25, 0.3) is 0 Å². The van der Waals surface area contributed by atoms with E-state index in [2.05, 4.69) is 0 Å². The fourth-order valence-electron chi connectivity index (χ4n) is 1.27. The van der Waals surface area contributed by atoms with Crippen molar-refractivity contribution in [3.63, 3.8) is 0 Å². The van der Waals surface area contributed by atoms with E-state index in [1.165, 1.54) is 6.07 Å². The summed E-state index contributed by atoms with van der Waals surface area (Å²) in [7, 11) is 0. The van der Waals surface area contributed by atoms with Gasteiger partial charge < -0.3 is 10.2 Å². The summed E-state index contributed by atoms with van der Waals surface area (Å²) in [6, 6.07) is 4.81. The van der Waals surface area contributed by atoms with Crippen molar-refractivity contribution in [2.75, 3.05) is 0 Å². The van der Waals surface area contributed by atoms with Crippen molar-refractivity contribution in [1.82, 2.24) is 0 Å². The van der Waals surface area contributed by atoms with Crippen molar-refractivity contribution in [2.45, 2.75) is 13.3 Å². The number of nitrogens with zero attached hydrogens (tertiary/aromatic N) is 1. The van der Waals surface area contributed by atoms with Gasteiger partial charge in [-0.25, -0.2) is 0 Å². The second-order valence-corrected chi connectivity index (χ2v) is 3.00. The maximum atomic E-state index is 10.5. The number of benzene rings is 1. The molecule has 0 atom stereocenters. The fraction of sp³-hybridized carbons (Fsp3) is 0.200. The normalized spacial score (nSPS) is 9.43. The molecule has 1 rings (SSSR count). The summed E-state index contributed by atoms with van der Waals surface area (Å²) in [6.07, 6.45) is -0.252. The highest BCUT2D eigenvalue weighted by atomic mass is 16.4. The molecule has 0 saturated carbocycles. The summed E-state index contributed by atoms with van der Waals surface area (Å²) in [4.78, 5) is 10.5. The van der Waals surface area contributed by atoms with E-state index in [4.69, 9.17) is 10.4 Å². The Morgan fingerprint density at radius 1 is 1.57 bits per heavy atom. The first-order valence-corrected chi connectivity index (χ1v) is 3.99. The highest BCUT2D eigenvalue weighted by Crippen LogP contribution is 2.22. The van der Waals surface area contributed by atoms with Gasteiger partial charge in [-0.05, 0) is 24.1 Å². The highest BCUT2D eigenvalue weighted by molar-refractivity contribution is 5.72. The Morgan fingerprint density at radius 2 is 2.21 bits per heavy atom. The van der Waals surface area contributed by atoms with Gasteiger partial charge in [-0.15, -0.1) is 0 Å². The van der Waals surface area contributed by atoms with Crippen LogP contribution in [0.25, 0.3) is 0 Å². The SMILES string of the molecule is Cc1cc(O)c(C#N)c(CC(=O)O)c1. The number of carboxylic acids is 1. The number of nitriles is 1. The summed E-state index contributed by atoms with van der Waals surface area (Å²) < 4.78 is 0. The Balaban J connectivity index is 3.26. The molecule has 14 heavy (non-hydrogen) atoms. The quantitative estimate of drug-likeness (QED) is 0.735. The van der Waals surface area contributed by atoms with Gasteiger partial charge in [-0.3, -0.25) is 4.79 Å². The Labute approximate surface area is 81.0 Å². The van der Waals surface area contributed by atoms with E-state index < -0.39 is 5.97 Å². The summed E-state index contributed by atoms with van der Waals surface area (Å²) >= 11 is 0. The minimum absolute atomic E-state index is 0.0398. The lowest BCUT2D eigenvalue weighted by molar-refractivity contribution is -0.136. The first kappa shape index (κ1) is 10.1. The average molecular weight is 191 g/mol. The smallest absolute Gasteiger partial charge is 0.307 e. The van der Waals surface area contributed by atoms with Crippen LogP contribution >= 0.6 is 0 Å². The maximum absolute atomic E-state index is 10.5. The van der Waals surface area contributed by atoms with Crippen LogP contribution in [0.5, 0.6) is 5.75 Å². The third-order valence-corrected chi connectivity index (χ3v) is 1.80. The Bertz CT molecular complexity index is 418. The summed E-state index contributed by atoms with van der Waals surface area (Å²) in [5.74, 6) is -1.18. The van der Waals surface area contributed by atoms with Crippen LogP contribution in [0.1, 0.15) is 16.7 Å². The molecule has 0 aliphatic heterocycles. The number of carbonyl (C=O) groups is 1. The first-order chi connectivity index (χ1) is 6.54. The van der Waals surface area contributed by atoms with E-state index in [-0.39, 0.29) is 17.7 Å². The van der Waals surface area contributed by atoms with Gasteiger partial charge in [0, 0.05) is 0 Å². The minimum Gasteiger partial charge on any atom is -0.507 e. The van der Waals surface area contributed by atoms with Crippen molar-refractivity contribution in [1.29, 1.82) is 5.26 Å². The number of aromatic hydroxyl groups is 1. The van der Waals surface area contributed by atoms with Gasteiger partial charge >= 0.3 is 5.97 Å². The molecule has 2 N–H and O–H groups in total. The molecule has 0 spiro atoms. The lowest BCUT2D eigenvalue weighted by Crippen LogP contribution is -2.02. The molecule has 0 aliphatic rings. The maximum Gasteiger partial charge on any atom is 0.307 e. The summed E-state index contributed by atoms with van der Waals surface area (Å²) in [6.45, 7) is 1.73.